The minimum atomic E-state index is -0.978. The maximum atomic E-state index is 14.2. The number of Topliss-reactive ketones (excluding diaryl/α,β-unsaturated/α-hetero) is 1. The number of benzene rings is 7. The molecule has 2 heterocycles. The molecule has 0 amide bonds. The van der Waals surface area contributed by atoms with Gasteiger partial charge in [0.15, 0.2) is 5.78 Å². The van der Waals surface area contributed by atoms with E-state index in [4.69, 9.17) is 0 Å². The molecule has 0 fully saturated rings. The summed E-state index contributed by atoms with van der Waals surface area (Å²) >= 11 is 3.94. The summed E-state index contributed by atoms with van der Waals surface area (Å²) in [5.74, 6) is -0.0179. The fourth-order valence-corrected chi connectivity index (χ4v) is 15.7. The molecule has 1 atom stereocenters. The smallest absolute Gasteiger partial charge is 0.173 e. The summed E-state index contributed by atoms with van der Waals surface area (Å²) in [5.41, 5.74) is 20.1. The number of aryl methyl sites for hydroxylation is 6. The Bertz CT molecular complexity index is 3670. The van der Waals surface area contributed by atoms with Gasteiger partial charge in [0.25, 0.3) is 0 Å². The number of ketones is 1. The summed E-state index contributed by atoms with van der Waals surface area (Å²) in [5, 5.41) is 20.2. The number of rotatable bonds is 8. The van der Waals surface area contributed by atoms with Crippen LogP contribution in [0.5, 0.6) is 0 Å². The predicted molar refractivity (Wildman–Crippen MR) is 288 cm³/mol. The SMILES string of the molecule is Cc1ccc(C2(c3ccc(C)cc3)c3cc(C)ccc3-c3sc4c5c(sc4c32)-c2ccc(CCCC3(C)C(=O)c4ccccc4C3=C(C#N)C#N)cc2C5(c2ccc(C)cc2)c2ccc(C)cc2)cc1. The van der Waals surface area contributed by atoms with Gasteiger partial charge < -0.3 is 0 Å². The number of thiophene rings is 2. The fraction of sp³-hybridized carbons (Fsp3) is 0.185. The molecule has 3 nitrogen and oxygen atoms in total. The van der Waals surface area contributed by atoms with Crippen molar-refractivity contribution in [2.24, 2.45) is 5.41 Å². The first-order valence-electron chi connectivity index (χ1n) is 24.3. The Morgan fingerprint density at radius 1 is 0.500 bits per heavy atom. The number of nitriles is 2. The number of fused-ring (bicyclic) bond motifs is 10. The van der Waals surface area contributed by atoms with Crippen LogP contribution in [0.2, 0.25) is 0 Å². The molecule has 0 bridgehead atoms. The molecule has 0 radical (unpaired) electrons. The molecule has 70 heavy (non-hydrogen) atoms. The van der Waals surface area contributed by atoms with Gasteiger partial charge in [0.2, 0.25) is 0 Å². The van der Waals surface area contributed by atoms with Crippen molar-refractivity contribution in [3.63, 3.8) is 0 Å². The fourth-order valence-electron chi connectivity index (χ4n) is 12.5. The van der Waals surface area contributed by atoms with Gasteiger partial charge in [-0.2, -0.15) is 10.5 Å². The average molecular weight is 939 g/mol. The normalized spacial score (nSPS) is 16.6. The molecule has 0 saturated heterocycles. The molecular formula is C65H50N2OS2. The van der Waals surface area contributed by atoms with E-state index in [0.29, 0.717) is 29.5 Å². The lowest BCUT2D eigenvalue weighted by Gasteiger charge is -2.35. The van der Waals surface area contributed by atoms with Crippen molar-refractivity contribution in [3.05, 3.63) is 252 Å². The monoisotopic (exact) mass is 938 g/mol. The number of hydrogen-bond acceptors (Lipinski definition) is 5. The van der Waals surface area contributed by atoms with E-state index >= 15 is 0 Å². The molecule has 9 aromatic rings. The lowest BCUT2D eigenvalue weighted by molar-refractivity contribution is 0.0880. The first-order chi connectivity index (χ1) is 33.9. The summed E-state index contributed by atoms with van der Waals surface area (Å²) < 4.78 is 2.70. The lowest BCUT2D eigenvalue weighted by Crippen LogP contribution is -2.29. The average Bonchev–Trinajstić information content (AvgIpc) is 4.12. The summed E-state index contributed by atoms with van der Waals surface area (Å²) in [6.07, 6.45) is 1.95. The molecule has 3 aliphatic carbocycles. The third kappa shape index (κ3) is 6.05. The van der Waals surface area contributed by atoms with E-state index in [1.165, 1.54) is 108 Å². The van der Waals surface area contributed by atoms with Crippen molar-refractivity contribution in [1.29, 1.82) is 10.5 Å². The van der Waals surface area contributed by atoms with E-state index < -0.39 is 16.2 Å². The van der Waals surface area contributed by atoms with Gasteiger partial charge in [-0.1, -0.05) is 186 Å². The van der Waals surface area contributed by atoms with Crippen LogP contribution in [0.4, 0.5) is 0 Å². The van der Waals surface area contributed by atoms with Crippen LogP contribution in [-0.4, -0.2) is 5.78 Å². The molecule has 0 spiro atoms. The molecule has 7 aromatic carbocycles. The Hall–Kier alpha value is -7.41. The van der Waals surface area contributed by atoms with Crippen LogP contribution >= 0.6 is 22.7 Å². The Morgan fingerprint density at radius 2 is 0.914 bits per heavy atom. The largest absolute Gasteiger partial charge is 0.293 e. The zero-order valence-electron chi connectivity index (χ0n) is 40.3. The van der Waals surface area contributed by atoms with Crippen molar-refractivity contribution in [1.82, 2.24) is 0 Å². The van der Waals surface area contributed by atoms with Crippen molar-refractivity contribution < 1.29 is 4.79 Å². The molecule has 5 heteroatoms. The second-order valence-corrected chi connectivity index (χ2v) is 22.2. The van der Waals surface area contributed by atoms with E-state index in [0.717, 1.165) is 6.42 Å². The van der Waals surface area contributed by atoms with E-state index in [2.05, 4.69) is 180 Å². The molecule has 0 aliphatic heterocycles. The van der Waals surface area contributed by atoms with Crippen molar-refractivity contribution in [3.8, 4) is 33.0 Å². The zero-order chi connectivity index (χ0) is 48.3. The van der Waals surface area contributed by atoms with Crippen molar-refractivity contribution in [2.75, 3.05) is 0 Å². The molecule has 338 valence electrons. The Labute approximate surface area is 418 Å². The second-order valence-electron chi connectivity index (χ2n) is 20.2. The van der Waals surface area contributed by atoms with Gasteiger partial charge in [0.1, 0.15) is 17.7 Å². The number of nitrogens with zero attached hydrogens (tertiary/aromatic N) is 2. The maximum Gasteiger partial charge on any atom is 0.173 e. The number of carbonyl (C=O) groups excluding carboxylic acids is 1. The third-order valence-electron chi connectivity index (χ3n) is 15.9. The first-order valence-corrected chi connectivity index (χ1v) is 25.9. The van der Waals surface area contributed by atoms with Crippen LogP contribution in [0.15, 0.2) is 163 Å². The number of allylic oxidation sites excluding steroid dienone is 2. The highest BCUT2D eigenvalue weighted by Gasteiger charge is 2.54. The van der Waals surface area contributed by atoms with Crippen LogP contribution in [0.25, 0.3) is 35.9 Å². The topological polar surface area (TPSA) is 64.7 Å². The molecule has 12 rings (SSSR count). The van der Waals surface area contributed by atoms with Crippen LogP contribution in [0.3, 0.4) is 0 Å². The molecule has 2 aromatic heterocycles. The third-order valence-corrected chi connectivity index (χ3v) is 18.5. The second kappa shape index (κ2) is 16.1. The van der Waals surface area contributed by atoms with Gasteiger partial charge in [0, 0.05) is 32.0 Å². The number of hydrogen-bond donors (Lipinski definition) is 0. The highest BCUT2D eigenvalue weighted by atomic mass is 32.1. The quantitative estimate of drug-likeness (QED) is 0.143. The maximum absolute atomic E-state index is 14.2. The summed E-state index contributed by atoms with van der Waals surface area (Å²) in [6, 6.07) is 63.0. The number of carbonyl (C=O) groups is 1. The van der Waals surface area contributed by atoms with Gasteiger partial charge in [-0.15, -0.1) is 22.7 Å². The minimum Gasteiger partial charge on any atom is -0.293 e. The summed E-state index contributed by atoms with van der Waals surface area (Å²) in [4.78, 5) is 16.9. The zero-order valence-corrected chi connectivity index (χ0v) is 41.9. The standard InChI is InChI=1S/C65H50N2OS2/c1-38-13-23-45(24-14-38)64(46-25-15-39(2)16-26-46)53-34-42(5)21-31-51(53)58-56(64)60-61(69-58)57-59(70-60)52-32-22-43(10-9-33-63(6)55(44(36-66)37-67)49-11-7-8-12-50(49)62(63)68)35-54(52)65(57,47-27-17-40(3)18-28-47)48-29-19-41(4)20-30-48/h7-8,11-32,34-35H,9-10,33H2,1-6H3. The molecule has 3 aliphatic rings. The Kier molecular flexibility index (Phi) is 10.1. The molecule has 1 unspecified atom stereocenters. The minimum absolute atomic E-state index is 0.0179. The Morgan fingerprint density at radius 3 is 1.37 bits per heavy atom. The van der Waals surface area contributed by atoms with Crippen LogP contribution in [0.1, 0.15) is 114 Å². The van der Waals surface area contributed by atoms with Gasteiger partial charge in [-0.05, 0) is 116 Å². The molecule has 0 saturated carbocycles. The summed E-state index contributed by atoms with van der Waals surface area (Å²) in [7, 11) is 0. The first kappa shape index (κ1) is 43.8. The van der Waals surface area contributed by atoms with Gasteiger partial charge in [-0.25, -0.2) is 0 Å². The van der Waals surface area contributed by atoms with E-state index in [1.807, 2.05) is 53.9 Å². The van der Waals surface area contributed by atoms with Gasteiger partial charge in [-0.3, -0.25) is 4.79 Å². The molecular weight excluding hydrogens is 889 g/mol. The Balaban J connectivity index is 1.08. The van der Waals surface area contributed by atoms with Gasteiger partial charge in [0.05, 0.1) is 25.6 Å². The van der Waals surface area contributed by atoms with Crippen LogP contribution in [-0.2, 0) is 17.3 Å². The van der Waals surface area contributed by atoms with E-state index in [9.17, 15) is 15.3 Å². The van der Waals surface area contributed by atoms with Gasteiger partial charge >= 0.3 is 0 Å². The van der Waals surface area contributed by atoms with Crippen LogP contribution < -0.4 is 0 Å². The van der Waals surface area contributed by atoms with Crippen LogP contribution in [0, 0.1) is 62.7 Å². The van der Waals surface area contributed by atoms with E-state index in [1.54, 1.807) is 0 Å². The highest BCUT2D eigenvalue weighted by molar-refractivity contribution is 7.32. The lowest BCUT2D eigenvalue weighted by atomic mass is 9.66. The predicted octanol–water partition coefficient (Wildman–Crippen LogP) is 16.3. The van der Waals surface area contributed by atoms with E-state index in [-0.39, 0.29) is 11.4 Å². The highest BCUT2D eigenvalue weighted by Crippen LogP contribution is 2.68. The van der Waals surface area contributed by atoms with Crippen molar-refractivity contribution in [2.45, 2.75) is 71.6 Å². The molecule has 0 N–H and O–H groups in total. The summed E-state index contributed by atoms with van der Waals surface area (Å²) in [6.45, 7) is 12.8. The van der Waals surface area contributed by atoms with Crippen molar-refractivity contribution >= 4 is 43.4 Å².